The van der Waals surface area contributed by atoms with Crippen LogP contribution in [0.3, 0.4) is 0 Å². The minimum atomic E-state index is -0.925. The minimum Gasteiger partial charge on any atom is -0.464 e. The maximum atomic E-state index is 13.6. The lowest BCUT2D eigenvalue weighted by molar-refractivity contribution is -0.174. The summed E-state index contributed by atoms with van der Waals surface area (Å²) >= 11 is 0. The number of hydrogen-bond donors (Lipinski definition) is 8. The van der Waals surface area contributed by atoms with E-state index in [9.17, 15) is 24.6 Å². The summed E-state index contributed by atoms with van der Waals surface area (Å²) in [6.45, 7) is 9.55. The summed E-state index contributed by atoms with van der Waals surface area (Å²) in [5.41, 5.74) is 22.1. The first-order valence-electron chi connectivity index (χ1n) is 19.8. The van der Waals surface area contributed by atoms with Crippen molar-refractivity contribution < 1.29 is 29.3 Å². The van der Waals surface area contributed by atoms with Crippen LogP contribution in [-0.4, -0.2) is 83.9 Å². The number of guanidine groups is 2. The maximum Gasteiger partial charge on any atom is 0.328 e. The standard InChI is InChI=1S/C38H68N8O6/c1-5-52-34(51)29(9-7-19-44-36(41)42)46-33(50)28(8-6-18-43-35(39)40)45-31(49)13-10-22(2)25-11-12-26-32-27(15-17-38(25,26)4)37(3)16-14-24(47)20-23(37)21-30(32)48/h22-30,32,47-48H,5-21H2,1-4H3,(H,45,49)(H,46,50)(H4,39,40,43)(H4,41,42,44)/t22-,23+,24-,25-,26+,27+,28+,29+,30-,32+,37+,38-/m1/s1. The topological polar surface area (TPSA) is 254 Å². The lowest BCUT2D eigenvalue weighted by atomic mass is 9.43. The fourth-order valence-corrected chi connectivity index (χ4v) is 11.0. The van der Waals surface area contributed by atoms with Crippen molar-refractivity contribution in [3.63, 3.8) is 0 Å². The molecule has 52 heavy (non-hydrogen) atoms. The van der Waals surface area contributed by atoms with Crippen LogP contribution in [0.5, 0.6) is 0 Å². The third-order valence-electron chi connectivity index (χ3n) is 13.7. The first-order valence-corrected chi connectivity index (χ1v) is 19.8. The zero-order valence-corrected chi connectivity index (χ0v) is 32.0. The summed E-state index contributed by atoms with van der Waals surface area (Å²) in [6.07, 6.45) is 9.75. The number of rotatable bonds is 17. The average Bonchev–Trinajstić information content (AvgIpc) is 3.44. The van der Waals surface area contributed by atoms with Gasteiger partial charge < -0.3 is 48.5 Å². The molecule has 0 heterocycles. The van der Waals surface area contributed by atoms with E-state index in [-0.39, 0.29) is 66.7 Å². The van der Waals surface area contributed by atoms with Gasteiger partial charge in [-0.2, -0.15) is 0 Å². The van der Waals surface area contributed by atoms with Gasteiger partial charge in [-0.05, 0) is 137 Å². The van der Waals surface area contributed by atoms with Crippen molar-refractivity contribution in [3.05, 3.63) is 0 Å². The van der Waals surface area contributed by atoms with Gasteiger partial charge in [0.2, 0.25) is 11.8 Å². The number of nitrogens with two attached hydrogens (primary N) is 4. The highest BCUT2D eigenvalue weighted by Gasteiger charge is 2.62. The number of ether oxygens (including phenoxy) is 1. The summed E-state index contributed by atoms with van der Waals surface area (Å²) in [6, 6.07) is -1.82. The minimum absolute atomic E-state index is 0.0521. The Labute approximate surface area is 310 Å². The van der Waals surface area contributed by atoms with Crippen LogP contribution in [0.25, 0.3) is 0 Å². The molecule has 296 valence electrons. The number of hydrogen-bond acceptors (Lipinski definition) is 8. The van der Waals surface area contributed by atoms with Gasteiger partial charge in [-0.1, -0.05) is 20.8 Å². The van der Waals surface area contributed by atoms with E-state index >= 15 is 0 Å². The van der Waals surface area contributed by atoms with Gasteiger partial charge in [0, 0.05) is 19.5 Å². The fourth-order valence-electron chi connectivity index (χ4n) is 11.0. The van der Waals surface area contributed by atoms with Gasteiger partial charge in [0.05, 0.1) is 18.8 Å². The van der Waals surface area contributed by atoms with E-state index in [1.807, 2.05) is 0 Å². The largest absolute Gasteiger partial charge is 0.464 e. The maximum absolute atomic E-state index is 13.6. The van der Waals surface area contributed by atoms with E-state index in [0.717, 1.165) is 51.4 Å². The molecule has 14 heteroatoms. The Hall–Kier alpha value is -3.13. The molecule has 0 saturated heterocycles. The lowest BCUT2D eigenvalue weighted by Crippen LogP contribution is -2.58. The van der Waals surface area contributed by atoms with Crippen LogP contribution in [0.15, 0.2) is 9.98 Å². The van der Waals surface area contributed by atoms with E-state index < -0.39 is 24.0 Å². The molecular weight excluding hydrogens is 664 g/mol. The molecule has 4 aliphatic carbocycles. The molecule has 0 bridgehead atoms. The molecule has 0 aromatic heterocycles. The van der Waals surface area contributed by atoms with Gasteiger partial charge in [-0.15, -0.1) is 0 Å². The predicted molar refractivity (Wildman–Crippen MR) is 201 cm³/mol. The molecule has 0 aromatic carbocycles. The number of carbonyl (C=O) groups is 3. The highest BCUT2D eigenvalue weighted by Crippen LogP contribution is 2.68. The quantitative estimate of drug-likeness (QED) is 0.0467. The Morgan fingerprint density at radius 2 is 1.44 bits per heavy atom. The highest BCUT2D eigenvalue weighted by atomic mass is 16.5. The molecule has 12 atom stereocenters. The Morgan fingerprint density at radius 3 is 2.08 bits per heavy atom. The molecule has 0 aromatic rings. The Morgan fingerprint density at radius 1 is 0.827 bits per heavy atom. The molecule has 12 N–H and O–H groups in total. The predicted octanol–water partition coefficient (Wildman–Crippen LogP) is 2.03. The molecule has 0 unspecified atom stereocenters. The van der Waals surface area contributed by atoms with Gasteiger partial charge in [0.25, 0.3) is 0 Å². The molecule has 0 aliphatic heterocycles. The van der Waals surface area contributed by atoms with E-state index in [0.29, 0.717) is 67.9 Å². The number of esters is 1. The van der Waals surface area contributed by atoms with E-state index in [4.69, 9.17) is 27.7 Å². The van der Waals surface area contributed by atoms with Gasteiger partial charge >= 0.3 is 5.97 Å². The molecule has 2 amide bonds. The number of nitrogens with zero attached hydrogens (tertiary/aromatic N) is 2. The first kappa shape index (κ1) is 41.6. The van der Waals surface area contributed by atoms with Gasteiger partial charge in [-0.3, -0.25) is 19.6 Å². The molecule has 4 aliphatic rings. The van der Waals surface area contributed by atoms with Crippen LogP contribution in [-0.2, 0) is 19.1 Å². The molecule has 4 saturated carbocycles. The third kappa shape index (κ3) is 9.89. The summed E-state index contributed by atoms with van der Waals surface area (Å²) in [7, 11) is 0. The Bertz CT molecular complexity index is 1290. The Kier molecular flexibility index (Phi) is 14.6. The summed E-state index contributed by atoms with van der Waals surface area (Å²) in [5.74, 6) is 0.977. The fraction of sp³-hybridized carbons (Fsp3) is 0.868. The van der Waals surface area contributed by atoms with Crippen LogP contribution >= 0.6 is 0 Å². The smallest absolute Gasteiger partial charge is 0.328 e. The van der Waals surface area contributed by atoms with Crippen molar-refractivity contribution in [2.75, 3.05) is 19.7 Å². The number of aliphatic imine (C=N–C) groups is 2. The monoisotopic (exact) mass is 733 g/mol. The molecular formula is C38H68N8O6. The highest BCUT2D eigenvalue weighted by molar-refractivity contribution is 5.90. The van der Waals surface area contributed by atoms with Crippen molar-refractivity contribution >= 4 is 29.7 Å². The number of nitrogens with one attached hydrogen (secondary N) is 2. The van der Waals surface area contributed by atoms with Crippen molar-refractivity contribution in [1.29, 1.82) is 0 Å². The number of aliphatic hydroxyl groups is 2. The van der Waals surface area contributed by atoms with Crippen molar-refractivity contribution in [2.45, 2.75) is 142 Å². The summed E-state index contributed by atoms with van der Waals surface area (Å²) in [5, 5.41) is 27.7. The third-order valence-corrected chi connectivity index (χ3v) is 13.7. The number of fused-ring (bicyclic) bond motifs is 5. The van der Waals surface area contributed by atoms with Gasteiger partial charge in [-0.25, -0.2) is 4.79 Å². The van der Waals surface area contributed by atoms with Gasteiger partial charge in [0.15, 0.2) is 11.9 Å². The van der Waals surface area contributed by atoms with Crippen LogP contribution in [0.1, 0.15) is 118 Å². The first-order chi connectivity index (χ1) is 24.6. The lowest BCUT2D eigenvalue weighted by Gasteiger charge is -2.62. The molecule has 4 rings (SSSR count). The van der Waals surface area contributed by atoms with Crippen molar-refractivity contribution in [1.82, 2.24) is 10.6 Å². The van der Waals surface area contributed by atoms with E-state index in [2.05, 4.69) is 41.4 Å². The SMILES string of the molecule is CCOC(=O)[C@H](CCCN=C(N)N)NC(=O)[C@H](CCCN=C(N)N)NC(=O)CC[C@@H](C)[C@H]1CC[C@H]2[C@@H]3[C@H](O)C[C@@H]4C[C@H](O)CC[C@]4(C)[C@H]3CC[C@]12C. The second-order valence-corrected chi connectivity index (χ2v) is 16.8. The summed E-state index contributed by atoms with van der Waals surface area (Å²) in [4.78, 5) is 47.7. The normalized spacial score (nSPS) is 33.9. The molecule has 0 radical (unpaired) electrons. The number of carbonyl (C=O) groups excluding carboxylic acids is 3. The van der Waals surface area contributed by atoms with Crippen molar-refractivity contribution in [2.24, 2.45) is 79.3 Å². The zero-order chi connectivity index (χ0) is 38.2. The average molecular weight is 733 g/mol. The van der Waals surface area contributed by atoms with Gasteiger partial charge in [0.1, 0.15) is 12.1 Å². The second kappa shape index (κ2) is 18.3. The Balaban J connectivity index is 1.37. The van der Waals surface area contributed by atoms with Crippen molar-refractivity contribution in [3.8, 4) is 0 Å². The molecule has 0 spiro atoms. The zero-order valence-electron chi connectivity index (χ0n) is 32.0. The van der Waals surface area contributed by atoms with Crippen LogP contribution in [0, 0.1) is 46.3 Å². The molecule has 4 fully saturated rings. The number of aliphatic hydroxyl groups excluding tert-OH is 2. The van der Waals surface area contributed by atoms with E-state index in [1.54, 1.807) is 6.92 Å². The van der Waals surface area contributed by atoms with E-state index in [1.165, 1.54) is 0 Å². The summed E-state index contributed by atoms with van der Waals surface area (Å²) < 4.78 is 5.20. The van der Waals surface area contributed by atoms with Crippen LogP contribution < -0.4 is 33.6 Å². The molecule has 14 nitrogen and oxygen atoms in total. The second-order valence-electron chi connectivity index (χ2n) is 16.8. The van der Waals surface area contributed by atoms with Crippen LogP contribution in [0.2, 0.25) is 0 Å². The van der Waals surface area contributed by atoms with Crippen LogP contribution in [0.4, 0.5) is 0 Å². The number of amides is 2.